The molecule has 0 saturated carbocycles. The zero-order valence-electron chi connectivity index (χ0n) is 12.4. The van der Waals surface area contributed by atoms with Crippen molar-refractivity contribution in [3.63, 3.8) is 0 Å². The Morgan fingerprint density at radius 1 is 1.26 bits per heavy atom. The summed E-state index contributed by atoms with van der Waals surface area (Å²) in [6.45, 7) is 4.20. The lowest BCUT2D eigenvalue weighted by atomic mass is 10.1. The molecular formula is C15H13Cl2FN4S. The highest BCUT2D eigenvalue weighted by atomic mass is 35.5. The number of halogens is 3. The van der Waals surface area contributed by atoms with Crippen LogP contribution in [0, 0.1) is 11.7 Å². The van der Waals surface area contributed by atoms with Crippen LogP contribution in [-0.4, -0.2) is 25.3 Å². The molecule has 3 aromatic rings. The molecule has 0 unspecified atom stereocenters. The first-order valence-electron chi connectivity index (χ1n) is 6.95. The summed E-state index contributed by atoms with van der Waals surface area (Å²) in [5.41, 5.74) is 0.675. The fourth-order valence-corrected chi connectivity index (χ4v) is 3.78. The Morgan fingerprint density at radius 3 is 2.74 bits per heavy atom. The summed E-state index contributed by atoms with van der Waals surface area (Å²) < 4.78 is 16.0. The van der Waals surface area contributed by atoms with Gasteiger partial charge in [-0.15, -0.1) is 11.8 Å². The molecule has 0 radical (unpaired) electrons. The molecule has 0 saturated heterocycles. The highest BCUT2D eigenvalue weighted by molar-refractivity contribution is 7.99. The standard InChI is InChI=1S/C15H13Cl2FN4S/c1-8(2)6-23-14-12(11-9(16)4-3-5-10(11)18)13(17)21-15-19-7-20-22(14)15/h3-5,7-8H,6H2,1-2H3. The van der Waals surface area contributed by atoms with Gasteiger partial charge in [-0.3, -0.25) is 0 Å². The van der Waals surface area contributed by atoms with Crippen LogP contribution in [0.15, 0.2) is 29.6 Å². The number of aromatic nitrogens is 4. The average molecular weight is 371 g/mol. The minimum Gasteiger partial charge on any atom is -0.206 e. The normalized spacial score (nSPS) is 11.6. The van der Waals surface area contributed by atoms with Crippen LogP contribution in [0.3, 0.4) is 0 Å². The second-order valence-corrected chi connectivity index (χ2v) is 7.13. The van der Waals surface area contributed by atoms with Gasteiger partial charge in [0.05, 0.1) is 10.6 Å². The summed E-state index contributed by atoms with van der Waals surface area (Å²) in [5.74, 6) is 1.17. The number of rotatable bonds is 4. The number of thioether (sulfide) groups is 1. The van der Waals surface area contributed by atoms with Gasteiger partial charge in [0.25, 0.3) is 5.78 Å². The van der Waals surface area contributed by atoms with E-state index in [1.54, 1.807) is 16.6 Å². The Balaban J connectivity index is 2.30. The predicted molar refractivity (Wildman–Crippen MR) is 91.8 cm³/mol. The molecule has 0 fully saturated rings. The third-order valence-electron chi connectivity index (χ3n) is 3.11. The Bertz CT molecular complexity index is 846. The quantitative estimate of drug-likeness (QED) is 0.479. The minimum absolute atomic E-state index is 0.156. The van der Waals surface area contributed by atoms with E-state index >= 15 is 0 Å². The molecule has 0 bridgehead atoms. The van der Waals surface area contributed by atoms with Gasteiger partial charge in [-0.25, -0.2) is 4.39 Å². The third-order valence-corrected chi connectivity index (χ3v) is 5.18. The molecule has 3 rings (SSSR count). The molecule has 0 N–H and O–H groups in total. The van der Waals surface area contributed by atoms with Crippen LogP contribution >= 0.6 is 35.0 Å². The number of hydrogen-bond acceptors (Lipinski definition) is 4. The van der Waals surface area contributed by atoms with Crippen molar-refractivity contribution in [3.05, 3.63) is 40.5 Å². The lowest BCUT2D eigenvalue weighted by Crippen LogP contribution is -2.03. The first kappa shape index (κ1) is 16.5. The van der Waals surface area contributed by atoms with E-state index in [9.17, 15) is 4.39 Å². The van der Waals surface area contributed by atoms with E-state index in [1.807, 2.05) is 0 Å². The lowest BCUT2D eigenvalue weighted by Gasteiger charge is -2.15. The molecule has 8 heteroatoms. The monoisotopic (exact) mass is 370 g/mol. The van der Waals surface area contributed by atoms with Gasteiger partial charge in [0, 0.05) is 11.3 Å². The van der Waals surface area contributed by atoms with E-state index in [0.717, 1.165) is 5.75 Å². The summed E-state index contributed by atoms with van der Waals surface area (Å²) >= 11 is 14.1. The van der Waals surface area contributed by atoms with Gasteiger partial charge in [-0.2, -0.15) is 19.6 Å². The molecule has 0 amide bonds. The molecule has 0 atom stereocenters. The molecular weight excluding hydrogens is 358 g/mol. The van der Waals surface area contributed by atoms with Crippen molar-refractivity contribution in [3.8, 4) is 11.1 Å². The Morgan fingerprint density at radius 2 is 2.04 bits per heavy atom. The molecule has 0 spiro atoms. The molecule has 120 valence electrons. The van der Waals surface area contributed by atoms with Gasteiger partial charge in [-0.1, -0.05) is 43.1 Å². The number of nitrogens with zero attached hydrogens (tertiary/aromatic N) is 4. The van der Waals surface area contributed by atoms with E-state index in [-0.39, 0.29) is 15.7 Å². The highest BCUT2D eigenvalue weighted by Gasteiger charge is 2.22. The van der Waals surface area contributed by atoms with Crippen molar-refractivity contribution < 1.29 is 4.39 Å². The van der Waals surface area contributed by atoms with Gasteiger partial charge in [0.15, 0.2) is 0 Å². The first-order valence-corrected chi connectivity index (χ1v) is 8.69. The maximum absolute atomic E-state index is 14.4. The fraction of sp³-hybridized carbons (Fsp3) is 0.267. The number of fused-ring (bicyclic) bond motifs is 1. The zero-order chi connectivity index (χ0) is 16.6. The van der Waals surface area contributed by atoms with Crippen LogP contribution in [0.25, 0.3) is 16.9 Å². The molecule has 2 heterocycles. The van der Waals surface area contributed by atoms with Crippen molar-refractivity contribution >= 4 is 40.7 Å². The average Bonchev–Trinajstić information content (AvgIpc) is 2.93. The van der Waals surface area contributed by atoms with Crippen molar-refractivity contribution in [2.75, 3.05) is 5.75 Å². The topological polar surface area (TPSA) is 43.1 Å². The van der Waals surface area contributed by atoms with Gasteiger partial charge in [-0.05, 0) is 18.1 Å². The van der Waals surface area contributed by atoms with Crippen molar-refractivity contribution in [2.24, 2.45) is 5.92 Å². The molecule has 0 aliphatic carbocycles. The van der Waals surface area contributed by atoms with Crippen molar-refractivity contribution in [2.45, 2.75) is 18.9 Å². The van der Waals surface area contributed by atoms with Gasteiger partial charge in [0.1, 0.15) is 22.3 Å². The second kappa shape index (κ2) is 6.63. The van der Waals surface area contributed by atoms with Crippen LogP contribution in [0.5, 0.6) is 0 Å². The number of hydrogen-bond donors (Lipinski definition) is 0. The van der Waals surface area contributed by atoms with Gasteiger partial charge >= 0.3 is 0 Å². The molecule has 0 aliphatic rings. The predicted octanol–water partition coefficient (Wildman–Crippen LogP) is 4.99. The van der Waals surface area contributed by atoms with Crippen LogP contribution in [0.1, 0.15) is 13.8 Å². The minimum atomic E-state index is -0.452. The van der Waals surface area contributed by atoms with Crippen LogP contribution in [0.4, 0.5) is 4.39 Å². The maximum atomic E-state index is 14.4. The van der Waals surface area contributed by atoms with Crippen LogP contribution in [0.2, 0.25) is 10.2 Å². The maximum Gasteiger partial charge on any atom is 0.254 e. The van der Waals surface area contributed by atoms with E-state index in [2.05, 4.69) is 28.9 Å². The van der Waals surface area contributed by atoms with Crippen LogP contribution in [-0.2, 0) is 0 Å². The summed E-state index contributed by atoms with van der Waals surface area (Å²) in [4.78, 5) is 8.26. The van der Waals surface area contributed by atoms with Crippen LogP contribution < -0.4 is 0 Å². The second-order valence-electron chi connectivity index (χ2n) is 5.36. The smallest absolute Gasteiger partial charge is 0.206 e. The largest absolute Gasteiger partial charge is 0.254 e. The summed E-state index contributed by atoms with van der Waals surface area (Å²) in [5, 5.41) is 5.29. The number of benzene rings is 1. The zero-order valence-corrected chi connectivity index (χ0v) is 14.8. The lowest BCUT2D eigenvalue weighted by molar-refractivity contribution is 0.630. The Kier molecular flexibility index (Phi) is 4.75. The SMILES string of the molecule is CC(C)CSc1c(-c2c(F)cccc2Cl)c(Cl)nc2ncnn12. The van der Waals surface area contributed by atoms with Crippen molar-refractivity contribution in [1.29, 1.82) is 0 Å². The highest BCUT2D eigenvalue weighted by Crippen LogP contribution is 2.41. The Hall–Kier alpha value is -1.37. The molecule has 23 heavy (non-hydrogen) atoms. The molecule has 4 nitrogen and oxygen atoms in total. The molecule has 1 aromatic carbocycles. The fourth-order valence-electron chi connectivity index (χ4n) is 2.12. The van der Waals surface area contributed by atoms with E-state index in [0.29, 0.717) is 22.3 Å². The molecule has 0 aliphatic heterocycles. The summed E-state index contributed by atoms with van der Waals surface area (Å²) in [7, 11) is 0. The van der Waals surface area contributed by atoms with Gasteiger partial charge < -0.3 is 0 Å². The van der Waals surface area contributed by atoms with E-state index in [1.165, 1.54) is 24.2 Å². The third kappa shape index (κ3) is 3.16. The van der Waals surface area contributed by atoms with Gasteiger partial charge in [0.2, 0.25) is 0 Å². The Labute approximate surface area is 147 Å². The molecule has 2 aromatic heterocycles. The summed E-state index contributed by atoms with van der Waals surface area (Å²) in [6, 6.07) is 4.52. The van der Waals surface area contributed by atoms with Crippen molar-refractivity contribution in [1.82, 2.24) is 19.6 Å². The van der Waals surface area contributed by atoms with E-state index < -0.39 is 5.82 Å². The van der Waals surface area contributed by atoms with E-state index in [4.69, 9.17) is 23.2 Å². The first-order chi connectivity index (χ1) is 11.0. The summed E-state index contributed by atoms with van der Waals surface area (Å²) in [6.07, 6.45) is 1.39.